The lowest BCUT2D eigenvalue weighted by Crippen LogP contribution is -2.33. The van der Waals surface area contributed by atoms with Crippen molar-refractivity contribution in [1.82, 2.24) is 0 Å². The van der Waals surface area contributed by atoms with Gasteiger partial charge in [0, 0.05) is 0 Å². The van der Waals surface area contributed by atoms with E-state index in [-0.39, 0.29) is 12.2 Å². The zero-order valence-corrected chi connectivity index (χ0v) is 8.49. The van der Waals surface area contributed by atoms with Crippen molar-refractivity contribution in [3.63, 3.8) is 0 Å². The number of hydrogen-bond acceptors (Lipinski definition) is 3. The van der Waals surface area contributed by atoms with Crippen LogP contribution in [0.25, 0.3) is 0 Å². The standard InChI is InChI=1S/C10H18O3/c1-5-6-8(11)9-7(2)12-10(3,4)13-9/h5,7-9,11H,1,6H2,2-4H3/t7-,8+,9+/m0/s1. The van der Waals surface area contributed by atoms with Crippen LogP contribution in [0.4, 0.5) is 0 Å². The zero-order chi connectivity index (χ0) is 10.1. The van der Waals surface area contributed by atoms with E-state index < -0.39 is 11.9 Å². The first-order valence-corrected chi connectivity index (χ1v) is 4.61. The predicted molar refractivity (Wildman–Crippen MR) is 50.3 cm³/mol. The van der Waals surface area contributed by atoms with Crippen LogP contribution >= 0.6 is 0 Å². The van der Waals surface area contributed by atoms with Gasteiger partial charge in [0.2, 0.25) is 0 Å². The summed E-state index contributed by atoms with van der Waals surface area (Å²) in [6.07, 6.45) is 1.40. The molecule has 1 fully saturated rings. The van der Waals surface area contributed by atoms with Gasteiger partial charge in [0.1, 0.15) is 6.10 Å². The third-order valence-corrected chi connectivity index (χ3v) is 2.14. The Hall–Kier alpha value is -0.380. The minimum Gasteiger partial charge on any atom is -0.390 e. The van der Waals surface area contributed by atoms with Crippen LogP contribution in [0, 0.1) is 0 Å². The molecule has 1 heterocycles. The molecule has 0 aromatic heterocycles. The Bertz CT molecular complexity index is 189. The van der Waals surface area contributed by atoms with E-state index in [1.807, 2.05) is 20.8 Å². The van der Waals surface area contributed by atoms with Crippen LogP contribution < -0.4 is 0 Å². The van der Waals surface area contributed by atoms with Crippen molar-refractivity contribution in [1.29, 1.82) is 0 Å². The normalized spacial score (nSPS) is 34.5. The SMILES string of the molecule is C=CC[C@@H](O)[C@@H]1OC(C)(C)O[C@H]1C. The molecule has 76 valence electrons. The molecular formula is C10H18O3. The molecule has 0 aromatic carbocycles. The molecule has 0 aromatic rings. The van der Waals surface area contributed by atoms with Gasteiger partial charge in [-0.25, -0.2) is 0 Å². The Morgan fingerprint density at radius 3 is 2.54 bits per heavy atom. The largest absolute Gasteiger partial charge is 0.390 e. The molecular weight excluding hydrogens is 168 g/mol. The highest BCUT2D eigenvalue weighted by Crippen LogP contribution is 2.30. The van der Waals surface area contributed by atoms with E-state index in [0.717, 1.165) is 0 Å². The van der Waals surface area contributed by atoms with E-state index >= 15 is 0 Å². The molecule has 3 nitrogen and oxygen atoms in total. The Kier molecular flexibility index (Phi) is 3.11. The molecule has 0 amide bonds. The van der Waals surface area contributed by atoms with Crippen LogP contribution in [0.1, 0.15) is 27.2 Å². The van der Waals surface area contributed by atoms with E-state index in [9.17, 15) is 5.11 Å². The molecule has 0 bridgehead atoms. The van der Waals surface area contributed by atoms with Crippen molar-refractivity contribution in [3.05, 3.63) is 12.7 Å². The summed E-state index contributed by atoms with van der Waals surface area (Å²) in [5, 5.41) is 9.68. The van der Waals surface area contributed by atoms with Gasteiger partial charge >= 0.3 is 0 Å². The molecule has 0 spiro atoms. The third-order valence-electron chi connectivity index (χ3n) is 2.14. The highest BCUT2D eigenvalue weighted by Gasteiger charge is 2.41. The summed E-state index contributed by atoms with van der Waals surface area (Å²) in [5.41, 5.74) is 0. The third kappa shape index (κ3) is 2.53. The van der Waals surface area contributed by atoms with E-state index in [4.69, 9.17) is 9.47 Å². The molecule has 0 radical (unpaired) electrons. The van der Waals surface area contributed by atoms with Crippen molar-refractivity contribution in [2.24, 2.45) is 0 Å². The number of aliphatic hydroxyl groups excluding tert-OH is 1. The minimum absolute atomic E-state index is 0.0649. The first kappa shape index (κ1) is 10.7. The van der Waals surface area contributed by atoms with Crippen molar-refractivity contribution in [2.75, 3.05) is 0 Å². The maximum absolute atomic E-state index is 9.68. The molecule has 1 saturated heterocycles. The van der Waals surface area contributed by atoms with Crippen molar-refractivity contribution >= 4 is 0 Å². The fraction of sp³-hybridized carbons (Fsp3) is 0.800. The number of rotatable bonds is 3. The first-order valence-electron chi connectivity index (χ1n) is 4.61. The fourth-order valence-corrected chi connectivity index (χ4v) is 1.66. The predicted octanol–water partition coefficient (Wildman–Crippen LogP) is 1.46. The highest BCUT2D eigenvalue weighted by molar-refractivity contribution is 4.87. The number of aliphatic hydroxyl groups is 1. The molecule has 3 atom stereocenters. The maximum Gasteiger partial charge on any atom is 0.163 e. The van der Waals surface area contributed by atoms with Crippen LogP contribution in [0.3, 0.4) is 0 Å². The molecule has 1 rings (SSSR count). The zero-order valence-electron chi connectivity index (χ0n) is 8.49. The van der Waals surface area contributed by atoms with E-state index in [1.54, 1.807) is 6.08 Å². The van der Waals surface area contributed by atoms with Crippen LogP contribution in [0.15, 0.2) is 12.7 Å². The average Bonchev–Trinajstić information content (AvgIpc) is 2.25. The summed E-state index contributed by atoms with van der Waals surface area (Å²) in [6.45, 7) is 9.19. The molecule has 13 heavy (non-hydrogen) atoms. The van der Waals surface area contributed by atoms with Gasteiger partial charge in [0.25, 0.3) is 0 Å². The topological polar surface area (TPSA) is 38.7 Å². The van der Waals surface area contributed by atoms with Gasteiger partial charge in [-0.3, -0.25) is 0 Å². The average molecular weight is 186 g/mol. The molecule has 1 aliphatic heterocycles. The van der Waals surface area contributed by atoms with Crippen LogP contribution in [0.5, 0.6) is 0 Å². The second-order valence-corrected chi connectivity index (χ2v) is 3.90. The molecule has 0 saturated carbocycles. The summed E-state index contributed by atoms with van der Waals surface area (Å²) in [7, 11) is 0. The van der Waals surface area contributed by atoms with Gasteiger partial charge in [-0.2, -0.15) is 0 Å². The number of hydrogen-bond donors (Lipinski definition) is 1. The van der Waals surface area contributed by atoms with Crippen molar-refractivity contribution in [2.45, 2.75) is 51.3 Å². The van der Waals surface area contributed by atoms with Crippen LogP contribution in [-0.2, 0) is 9.47 Å². The summed E-state index contributed by atoms with van der Waals surface area (Å²) < 4.78 is 11.1. The van der Waals surface area contributed by atoms with Gasteiger partial charge in [0.05, 0.1) is 12.2 Å². The van der Waals surface area contributed by atoms with Gasteiger partial charge in [-0.05, 0) is 27.2 Å². The Morgan fingerprint density at radius 1 is 1.54 bits per heavy atom. The smallest absolute Gasteiger partial charge is 0.163 e. The molecule has 3 heteroatoms. The highest BCUT2D eigenvalue weighted by atomic mass is 16.8. The van der Waals surface area contributed by atoms with Gasteiger partial charge < -0.3 is 14.6 Å². The minimum atomic E-state index is -0.577. The van der Waals surface area contributed by atoms with E-state index in [1.165, 1.54) is 0 Å². The van der Waals surface area contributed by atoms with E-state index in [0.29, 0.717) is 6.42 Å². The second-order valence-electron chi connectivity index (χ2n) is 3.90. The summed E-state index contributed by atoms with van der Waals surface area (Å²) in [4.78, 5) is 0. The summed E-state index contributed by atoms with van der Waals surface area (Å²) >= 11 is 0. The van der Waals surface area contributed by atoms with Crippen molar-refractivity contribution in [3.8, 4) is 0 Å². The lowest BCUT2D eigenvalue weighted by Gasteiger charge is -2.20. The summed E-state index contributed by atoms with van der Waals surface area (Å²) in [5.74, 6) is -0.577. The van der Waals surface area contributed by atoms with Crippen LogP contribution in [-0.4, -0.2) is 29.2 Å². The Balaban J connectivity index is 2.56. The van der Waals surface area contributed by atoms with Crippen molar-refractivity contribution < 1.29 is 14.6 Å². The fourth-order valence-electron chi connectivity index (χ4n) is 1.66. The monoisotopic (exact) mass is 186 g/mol. The maximum atomic E-state index is 9.68. The summed E-state index contributed by atoms with van der Waals surface area (Å²) in [6, 6.07) is 0. The first-order chi connectivity index (χ1) is 5.96. The quantitative estimate of drug-likeness (QED) is 0.678. The Morgan fingerprint density at radius 2 is 2.15 bits per heavy atom. The van der Waals surface area contributed by atoms with Crippen LogP contribution in [0.2, 0.25) is 0 Å². The molecule has 1 aliphatic rings. The van der Waals surface area contributed by atoms with E-state index in [2.05, 4.69) is 6.58 Å². The lowest BCUT2D eigenvalue weighted by molar-refractivity contribution is -0.154. The number of ether oxygens (including phenoxy) is 2. The lowest BCUT2D eigenvalue weighted by atomic mass is 10.1. The Labute approximate surface area is 79.3 Å². The molecule has 1 N–H and O–H groups in total. The second kappa shape index (κ2) is 3.78. The molecule has 0 aliphatic carbocycles. The molecule has 0 unspecified atom stereocenters. The van der Waals surface area contributed by atoms with Gasteiger partial charge in [-0.15, -0.1) is 6.58 Å². The van der Waals surface area contributed by atoms with Gasteiger partial charge in [-0.1, -0.05) is 6.08 Å². The van der Waals surface area contributed by atoms with Gasteiger partial charge in [0.15, 0.2) is 5.79 Å².